The van der Waals surface area contributed by atoms with Gasteiger partial charge in [0, 0.05) is 18.4 Å². The number of benzene rings is 1. The van der Waals surface area contributed by atoms with Gasteiger partial charge in [0.25, 0.3) is 0 Å². The molecule has 0 aliphatic heterocycles. The van der Waals surface area contributed by atoms with Gasteiger partial charge in [-0.3, -0.25) is 4.79 Å². The van der Waals surface area contributed by atoms with Crippen LogP contribution in [0.1, 0.15) is 19.8 Å². The van der Waals surface area contributed by atoms with Gasteiger partial charge in [-0.15, -0.1) is 11.6 Å². The predicted octanol–water partition coefficient (Wildman–Crippen LogP) is 3.18. The van der Waals surface area contributed by atoms with Crippen molar-refractivity contribution in [1.82, 2.24) is 0 Å². The van der Waals surface area contributed by atoms with E-state index in [1.165, 1.54) is 18.2 Å². The molecule has 0 bridgehead atoms. The lowest BCUT2D eigenvalue weighted by molar-refractivity contribution is -0.116. The third-order valence-corrected chi connectivity index (χ3v) is 2.32. The Morgan fingerprint density at radius 3 is 2.94 bits per heavy atom. The zero-order valence-corrected chi connectivity index (χ0v) is 10.4. The summed E-state index contributed by atoms with van der Waals surface area (Å²) in [5.74, 6) is 0.229. The molecular weight excluding hydrogens is 245 g/mol. The van der Waals surface area contributed by atoms with Gasteiger partial charge in [0.15, 0.2) is 0 Å². The summed E-state index contributed by atoms with van der Waals surface area (Å²) in [6, 6.07) is 4.01. The van der Waals surface area contributed by atoms with Crippen LogP contribution in [0.3, 0.4) is 0 Å². The van der Waals surface area contributed by atoms with E-state index in [1.54, 1.807) is 6.92 Å². The van der Waals surface area contributed by atoms with Crippen LogP contribution in [0.4, 0.5) is 10.1 Å². The van der Waals surface area contributed by atoms with Crippen molar-refractivity contribution in [2.75, 3.05) is 17.8 Å². The van der Waals surface area contributed by atoms with Gasteiger partial charge in [-0.05, 0) is 25.5 Å². The second kappa shape index (κ2) is 7.12. The summed E-state index contributed by atoms with van der Waals surface area (Å²) >= 11 is 5.50. The molecule has 0 unspecified atom stereocenters. The Hall–Kier alpha value is -1.29. The monoisotopic (exact) mass is 259 g/mol. The zero-order valence-electron chi connectivity index (χ0n) is 9.63. The molecule has 94 valence electrons. The average Bonchev–Trinajstić information content (AvgIpc) is 2.30. The fourth-order valence-corrected chi connectivity index (χ4v) is 1.45. The number of carbonyl (C=O) groups excluding carboxylic acids is 1. The van der Waals surface area contributed by atoms with E-state index < -0.39 is 5.82 Å². The topological polar surface area (TPSA) is 38.3 Å². The highest BCUT2D eigenvalue weighted by molar-refractivity contribution is 6.18. The third kappa shape index (κ3) is 4.61. The molecule has 1 aromatic carbocycles. The number of hydrogen-bond donors (Lipinski definition) is 1. The molecule has 1 N–H and O–H groups in total. The third-order valence-electron chi connectivity index (χ3n) is 2.06. The van der Waals surface area contributed by atoms with Gasteiger partial charge in [0.2, 0.25) is 5.91 Å². The molecule has 1 rings (SSSR count). The molecule has 3 nitrogen and oxygen atoms in total. The van der Waals surface area contributed by atoms with E-state index in [2.05, 4.69) is 5.32 Å². The first-order valence-electron chi connectivity index (χ1n) is 5.45. The summed E-state index contributed by atoms with van der Waals surface area (Å²) in [6.45, 7) is 2.21. The molecule has 0 saturated carbocycles. The molecule has 0 aromatic heterocycles. The Kier molecular flexibility index (Phi) is 5.77. The normalized spacial score (nSPS) is 10.1. The van der Waals surface area contributed by atoms with Crippen LogP contribution in [0.2, 0.25) is 0 Å². The Morgan fingerprint density at radius 2 is 2.29 bits per heavy atom. The maximum absolute atomic E-state index is 13.0. The van der Waals surface area contributed by atoms with Crippen LogP contribution in [0.5, 0.6) is 5.75 Å². The van der Waals surface area contributed by atoms with Gasteiger partial charge >= 0.3 is 0 Å². The molecule has 0 aliphatic rings. The fourth-order valence-electron chi connectivity index (χ4n) is 1.31. The number of rotatable bonds is 6. The Bertz CT molecular complexity index is 385. The molecular formula is C12H15ClFNO2. The standard InChI is InChI=1S/C12H15ClFNO2/c1-2-17-11-8-9(14)5-6-10(11)15-12(16)4-3-7-13/h5-6,8H,2-4,7H2,1H3,(H,15,16). The van der Waals surface area contributed by atoms with Crippen LogP contribution < -0.4 is 10.1 Å². The van der Waals surface area contributed by atoms with Crippen molar-refractivity contribution in [2.24, 2.45) is 0 Å². The molecule has 1 amide bonds. The summed E-state index contributed by atoms with van der Waals surface area (Å²) in [4.78, 5) is 11.5. The second-order valence-electron chi connectivity index (χ2n) is 3.41. The minimum Gasteiger partial charge on any atom is -0.492 e. The van der Waals surface area contributed by atoms with E-state index in [1.807, 2.05) is 0 Å². The van der Waals surface area contributed by atoms with Crippen LogP contribution in [0.15, 0.2) is 18.2 Å². The van der Waals surface area contributed by atoms with Gasteiger partial charge < -0.3 is 10.1 Å². The lowest BCUT2D eigenvalue weighted by atomic mass is 10.2. The van der Waals surface area contributed by atoms with Crippen LogP contribution in [0.25, 0.3) is 0 Å². The van der Waals surface area contributed by atoms with Gasteiger partial charge in [-0.25, -0.2) is 4.39 Å². The van der Waals surface area contributed by atoms with E-state index in [0.717, 1.165) is 0 Å². The van der Waals surface area contributed by atoms with Gasteiger partial charge in [0.1, 0.15) is 11.6 Å². The number of ether oxygens (including phenoxy) is 1. The van der Waals surface area contributed by atoms with Crippen molar-refractivity contribution in [3.8, 4) is 5.75 Å². The molecule has 0 fully saturated rings. The number of hydrogen-bond acceptors (Lipinski definition) is 2. The minimum absolute atomic E-state index is 0.154. The van der Waals surface area contributed by atoms with Gasteiger partial charge in [0.05, 0.1) is 12.3 Å². The minimum atomic E-state index is -0.396. The Balaban J connectivity index is 2.72. The fraction of sp³-hybridized carbons (Fsp3) is 0.417. The smallest absolute Gasteiger partial charge is 0.224 e. The highest BCUT2D eigenvalue weighted by atomic mass is 35.5. The lowest BCUT2D eigenvalue weighted by Gasteiger charge is -2.11. The summed E-state index contributed by atoms with van der Waals surface area (Å²) in [7, 11) is 0. The Morgan fingerprint density at radius 1 is 1.53 bits per heavy atom. The quantitative estimate of drug-likeness (QED) is 0.797. The highest BCUT2D eigenvalue weighted by Crippen LogP contribution is 2.25. The van der Waals surface area contributed by atoms with Crippen LogP contribution >= 0.6 is 11.6 Å². The molecule has 17 heavy (non-hydrogen) atoms. The van der Waals surface area contributed by atoms with Crippen molar-refractivity contribution in [3.63, 3.8) is 0 Å². The second-order valence-corrected chi connectivity index (χ2v) is 3.79. The van der Waals surface area contributed by atoms with Crippen molar-refractivity contribution < 1.29 is 13.9 Å². The predicted molar refractivity (Wildman–Crippen MR) is 66.2 cm³/mol. The van der Waals surface area contributed by atoms with Crippen LogP contribution in [-0.2, 0) is 4.79 Å². The van der Waals surface area contributed by atoms with E-state index in [0.29, 0.717) is 36.8 Å². The summed E-state index contributed by atoms with van der Waals surface area (Å²) in [5, 5.41) is 2.67. The van der Waals surface area contributed by atoms with Crippen LogP contribution in [-0.4, -0.2) is 18.4 Å². The maximum atomic E-state index is 13.0. The Labute approximate surface area is 105 Å². The van der Waals surface area contributed by atoms with Crippen LogP contribution in [0, 0.1) is 5.82 Å². The van der Waals surface area contributed by atoms with Crippen molar-refractivity contribution in [3.05, 3.63) is 24.0 Å². The van der Waals surface area contributed by atoms with E-state index in [4.69, 9.17) is 16.3 Å². The lowest BCUT2D eigenvalue weighted by Crippen LogP contribution is -2.12. The highest BCUT2D eigenvalue weighted by Gasteiger charge is 2.08. The molecule has 1 aromatic rings. The SMILES string of the molecule is CCOc1cc(F)ccc1NC(=O)CCCCl. The number of carbonyl (C=O) groups is 1. The summed E-state index contributed by atoms with van der Waals surface area (Å²) < 4.78 is 18.2. The van der Waals surface area contributed by atoms with E-state index >= 15 is 0 Å². The van der Waals surface area contributed by atoms with Crippen molar-refractivity contribution in [2.45, 2.75) is 19.8 Å². The number of amides is 1. The summed E-state index contributed by atoms with van der Waals surface area (Å²) in [6.07, 6.45) is 0.949. The molecule has 0 radical (unpaired) electrons. The molecule has 0 atom stereocenters. The molecule has 0 saturated heterocycles. The number of nitrogens with one attached hydrogen (secondary N) is 1. The zero-order chi connectivity index (χ0) is 12.7. The average molecular weight is 260 g/mol. The van der Waals surface area contributed by atoms with Gasteiger partial charge in [-0.1, -0.05) is 0 Å². The first-order valence-corrected chi connectivity index (χ1v) is 5.99. The van der Waals surface area contributed by atoms with E-state index in [-0.39, 0.29) is 5.91 Å². The number of halogens is 2. The van der Waals surface area contributed by atoms with Crippen molar-refractivity contribution >= 4 is 23.2 Å². The maximum Gasteiger partial charge on any atom is 0.224 e. The van der Waals surface area contributed by atoms with E-state index in [9.17, 15) is 9.18 Å². The molecule has 5 heteroatoms. The summed E-state index contributed by atoms with van der Waals surface area (Å²) in [5.41, 5.74) is 0.479. The number of anilines is 1. The molecule has 0 spiro atoms. The molecule has 0 aliphatic carbocycles. The first-order chi connectivity index (χ1) is 8.17. The van der Waals surface area contributed by atoms with Gasteiger partial charge in [-0.2, -0.15) is 0 Å². The first kappa shape index (κ1) is 13.8. The molecule has 0 heterocycles. The largest absolute Gasteiger partial charge is 0.492 e. The number of alkyl halides is 1. The van der Waals surface area contributed by atoms with Crippen molar-refractivity contribution in [1.29, 1.82) is 0 Å².